The highest BCUT2D eigenvalue weighted by atomic mass is 15.0. The molecule has 21 aromatic rings. The molecule has 6 heterocycles. The summed E-state index contributed by atoms with van der Waals surface area (Å²) in [6.45, 7) is 60.0. The van der Waals surface area contributed by atoms with E-state index >= 15 is 0 Å². The summed E-state index contributed by atoms with van der Waals surface area (Å²) in [5.74, 6) is 0. The third kappa shape index (κ3) is 18.1. The van der Waals surface area contributed by atoms with E-state index in [9.17, 15) is 0 Å². The zero-order chi connectivity index (χ0) is 98.0. The molecule has 0 spiro atoms. The summed E-state index contributed by atoms with van der Waals surface area (Å²) in [4.78, 5) is 15.6. The summed E-state index contributed by atoms with van der Waals surface area (Å²) < 4.78 is 7.11. The molecule has 0 aliphatic heterocycles. The van der Waals surface area contributed by atoms with Gasteiger partial charge in [0.15, 0.2) is 0 Å². The van der Waals surface area contributed by atoms with Crippen LogP contribution in [0.5, 0.6) is 0 Å². The maximum absolute atomic E-state index is 5.20. The monoisotopic (exact) mass is 1780 g/mol. The predicted octanol–water partition coefficient (Wildman–Crippen LogP) is 39.2. The molecular formula is C129H150N6. The topological polar surface area (TPSA) is 51.9 Å². The second-order valence-electron chi connectivity index (χ2n) is 29.8. The number of rotatable bonds is 0. The van der Waals surface area contributed by atoms with Crippen LogP contribution in [0.1, 0.15) is 274 Å². The quantitative estimate of drug-likeness (QED) is 0.142. The van der Waals surface area contributed by atoms with Crippen molar-refractivity contribution < 1.29 is 0 Å². The Balaban J connectivity index is 0.000000184. The fraction of sp³-hybridized carbons (Fsp3) is 0.279. The number of benzene rings is 15. The Morgan fingerprint density at radius 3 is 0.815 bits per heavy atom. The van der Waals surface area contributed by atoms with Gasteiger partial charge in [0.25, 0.3) is 0 Å². The van der Waals surface area contributed by atoms with Crippen molar-refractivity contribution in [3.8, 4) is 66.8 Å². The number of aromatic nitrogens is 6. The van der Waals surface area contributed by atoms with Crippen molar-refractivity contribution in [3.63, 3.8) is 0 Å². The highest BCUT2D eigenvalue weighted by Crippen LogP contribution is 2.54. The highest BCUT2D eigenvalue weighted by Gasteiger charge is 2.34. The Bertz CT molecular complexity index is 7590. The largest absolute Gasteiger partial charge is 0.292 e. The molecule has 27 rings (SSSR count). The molecule has 696 valence electrons. The first-order valence-corrected chi connectivity index (χ1v) is 52.0. The van der Waals surface area contributed by atoms with E-state index in [1.807, 2.05) is 208 Å². The molecule has 0 atom stereocenters. The summed E-state index contributed by atoms with van der Waals surface area (Å²) >= 11 is 0. The van der Waals surface area contributed by atoms with Gasteiger partial charge in [-0.3, -0.25) is 13.2 Å². The Labute approximate surface area is 808 Å². The molecule has 6 aromatic heterocycles. The minimum Gasteiger partial charge on any atom is -0.292 e. The number of para-hydroxylation sites is 9. The third-order valence-corrected chi connectivity index (χ3v) is 24.7. The van der Waals surface area contributed by atoms with E-state index in [0.717, 1.165) is 72.0 Å². The first-order valence-electron chi connectivity index (χ1n) is 52.0. The van der Waals surface area contributed by atoms with Gasteiger partial charge >= 0.3 is 0 Å². The second kappa shape index (κ2) is 49.1. The SMILES string of the molecule is CC.CC.CC.CC.CC.CC.CC.CC.CC.CC.CC.CC.CC.CC.CC.c1ccc2c(c1)Cc1c-2ccc2c1-c1ccc3c4ccccc4n4c5ccccc5nc4c3c1C2.c1ccc2c(c1)Cc1c-2ccc2c1Cc1c-2ccc2c3ccccc3n3c4ccccc4nc3c12.c1ccc2c(c1)Cc1cc3c(cc1-2)Cc1c-3ccc2c3ccccc3n3c4ccccc4nc3c12. The molecule has 0 amide bonds. The Morgan fingerprint density at radius 2 is 0.407 bits per heavy atom. The molecule has 0 unspecified atom stereocenters. The van der Waals surface area contributed by atoms with Crippen LogP contribution in [-0.4, -0.2) is 28.2 Å². The normalized spacial score (nSPS) is 11.2. The summed E-state index contributed by atoms with van der Waals surface area (Å²) in [5, 5.41) is 11.7. The minimum atomic E-state index is 0.953. The summed E-state index contributed by atoms with van der Waals surface area (Å²) in [7, 11) is 0. The van der Waals surface area contributed by atoms with Gasteiger partial charge in [-0.2, -0.15) is 0 Å². The Hall–Kier alpha value is -13.3. The smallest absolute Gasteiger partial charge is 0.146 e. The van der Waals surface area contributed by atoms with Crippen molar-refractivity contribution in [2.75, 3.05) is 0 Å². The summed E-state index contributed by atoms with van der Waals surface area (Å²) in [6.07, 6.45) is 5.97. The number of fused-ring (bicyclic) bond motifs is 47. The number of nitrogens with zero attached hydrogens (tertiary/aromatic N) is 6. The molecule has 0 bridgehead atoms. The fourth-order valence-corrected chi connectivity index (χ4v) is 20.3. The number of hydrogen-bond acceptors (Lipinski definition) is 3. The van der Waals surface area contributed by atoms with E-state index in [2.05, 4.69) is 304 Å². The van der Waals surface area contributed by atoms with Crippen molar-refractivity contribution in [1.82, 2.24) is 28.2 Å². The van der Waals surface area contributed by atoms with Crippen LogP contribution in [0.25, 0.3) is 182 Å². The van der Waals surface area contributed by atoms with Gasteiger partial charge in [-0.1, -0.05) is 432 Å². The Kier molecular flexibility index (Phi) is 37.7. The van der Waals surface area contributed by atoms with Gasteiger partial charge in [0.1, 0.15) is 16.9 Å². The summed E-state index contributed by atoms with van der Waals surface area (Å²) in [6, 6.07) is 107. The van der Waals surface area contributed by atoms with Gasteiger partial charge < -0.3 is 0 Å². The summed E-state index contributed by atoms with van der Waals surface area (Å²) in [5.41, 5.74) is 47.8. The lowest BCUT2D eigenvalue weighted by atomic mass is 9.93. The van der Waals surface area contributed by atoms with Crippen LogP contribution in [-0.2, 0) is 38.5 Å². The first-order chi connectivity index (χ1) is 67.1. The molecule has 6 aliphatic carbocycles. The molecule has 0 N–H and O–H groups in total. The van der Waals surface area contributed by atoms with Crippen molar-refractivity contribution in [2.24, 2.45) is 0 Å². The number of imidazole rings is 3. The molecule has 6 nitrogen and oxygen atoms in total. The van der Waals surface area contributed by atoms with E-state index in [1.54, 1.807) is 0 Å². The lowest BCUT2D eigenvalue weighted by Gasteiger charge is -2.13. The van der Waals surface area contributed by atoms with Gasteiger partial charge in [0.05, 0.1) is 49.7 Å². The molecule has 15 aromatic carbocycles. The predicted molar refractivity (Wildman–Crippen MR) is 603 cm³/mol. The highest BCUT2D eigenvalue weighted by molar-refractivity contribution is 6.20. The van der Waals surface area contributed by atoms with Crippen LogP contribution in [0.4, 0.5) is 0 Å². The van der Waals surface area contributed by atoms with E-state index in [4.69, 9.17) is 15.0 Å². The van der Waals surface area contributed by atoms with Crippen LogP contribution in [0.3, 0.4) is 0 Å². The van der Waals surface area contributed by atoms with Crippen LogP contribution < -0.4 is 0 Å². The van der Waals surface area contributed by atoms with E-state index in [0.29, 0.717) is 0 Å². The molecule has 6 heteroatoms. The van der Waals surface area contributed by atoms with Crippen LogP contribution in [0, 0.1) is 0 Å². The molecule has 0 saturated carbocycles. The molecular weight excluding hydrogens is 1630 g/mol. The van der Waals surface area contributed by atoms with E-state index in [1.165, 1.54) is 215 Å². The molecule has 0 fully saturated rings. The van der Waals surface area contributed by atoms with Crippen molar-refractivity contribution in [1.29, 1.82) is 0 Å². The van der Waals surface area contributed by atoms with Gasteiger partial charge in [-0.15, -0.1) is 0 Å². The Morgan fingerprint density at radius 1 is 0.163 bits per heavy atom. The lowest BCUT2D eigenvalue weighted by Crippen LogP contribution is -1.95. The van der Waals surface area contributed by atoms with Gasteiger partial charge in [-0.25, -0.2) is 15.0 Å². The number of pyridine rings is 3. The van der Waals surface area contributed by atoms with Gasteiger partial charge in [0.2, 0.25) is 0 Å². The maximum atomic E-state index is 5.20. The third-order valence-electron chi connectivity index (χ3n) is 24.7. The van der Waals surface area contributed by atoms with E-state index < -0.39 is 0 Å². The van der Waals surface area contributed by atoms with Crippen molar-refractivity contribution >= 4 is 115 Å². The van der Waals surface area contributed by atoms with Gasteiger partial charge in [-0.05, 0) is 255 Å². The van der Waals surface area contributed by atoms with Crippen LogP contribution in [0.2, 0.25) is 0 Å². The van der Waals surface area contributed by atoms with Crippen LogP contribution in [0.15, 0.2) is 291 Å². The minimum absolute atomic E-state index is 0.953. The average molecular weight is 1780 g/mol. The fourth-order valence-electron chi connectivity index (χ4n) is 20.3. The first kappa shape index (κ1) is 104. The lowest BCUT2D eigenvalue weighted by molar-refractivity contribution is 1.17. The zero-order valence-corrected chi connectivity index (χ0v) is 87.1. The van der Waals surface area contributed by atoms with Gasteiger partial charge in [0, 0.05) is 32.3 Å². The maximum Gasteiger partial charge on any atom is 0.146 e. The average Bonchev–Trinajstić information content (AvgIpc) is 1.59. The molecule has 135 heavy (non-hydrogen) atoms. The van der Waals surface area contributed by atoms with Crippen LogP contribution >= 0.6 is 0 Å². The molecule has 6 aliphatic rings. The van der Waals surface area contributed by atoms with Crippen molar-refractivity contribution in [2.45, 2.75) is 246 Å². The zero-order valence-electron chi connectivity index (χ0n) is 87.1. The standard InChI is InChI=1S/3C33H20N2.15C2H6/c1-2-8-22-19(7-1)15-20-16-27-21(17-26(20)22)18-28-23(27)13-14-25-24-9-3-5-11-30(24)35-31-12-6-4-10-29(31)34-33(35)32(25)28;1-2-8-21-19(7-1)17-26-22(21)14-13-20-18-27-25(31(20)26)16-15-24-23-9-3-5-11-29(23)35-30-12-6-4-10-28(30)34-33(35)32(24)27;1-2-8-20-19(7-1)17-26-21(20)13-14-22-23-15-16-25-24-9-3-5-11-30(24)35-31-12-6-4-10-29(31)34-33(35)32(25)28(23)18-27(22)26;15*1-2/h1-14,16-17H,15,18H2;2*1-16H,17-18H2;15*1-2H3. The second-order valence-corrected chi connectivity index (χ2v) is 29.8. The molecule has 0 saturated heterocycles. The van der Waals surface area contributed by atoms with Crippen molar-refractivity contribution in [3.05, 3.63) is 358 Å². The van der Waals surface area contributed by atoms with E-state index in [-0.39, 0.29) is 0 Å². The number of hydrogen-bond donors (Lipinski definition) is 0. The molecule has 0 radical (unpaired) electrons.